The van der Waals surface area contributed by atoms with Gasteiger partial charge in [-0.15, -0.1) is 0 Å². The molecule has 20 heavy (non-hydrogen) atoms. The second-order valence-electron chi connectivity index (χ2n) is 5.99. The molecular weight excluding hydrogens is 252 g/mol. The Bertz CT molecular complexity index is 553. The zero-order chi connectivity index (χ0) is 14.1. The largest absolute Gasteiger partial charge is 0.507 e. The molecule has 2 saturated carbocycles. The van der Waals surface area contributed by atoms with E-state index in [9.17, 15) is 9.90 Å². The molecule has 2 bridgehead atoms. The first kappa shape index (κ1) is 13.2. The lowest BCUT2D eigenvalue weighted by Gasteiger charge is -2.21. The van der Waals surface area contributed by atoms with Gasteiger partial charge in [0.25, 0.3) is 5.91 Å². The molecule has 1 amide bonds. The predicted molar refractivity (Wildman–Crippen MR) is 77.6 cm³/mol. The maximum absolute atomic E-state index is 12.0. The fourth-order valence-corrected chi connectivity index (χ4v) is 3.70. The molecule has 106 valence electrons. The Labute approximate surface area is 118 Å². The summed E-state index contributed by atoms with van der Waals surface area (Å²) in [5, 5.41) is 13.9. The van der Waals surface area contributed by atoms with Crippen LogP contribution in [0.25, 0.3) is 0 Å². The molecular formula is C16H20N2O2. The summed E-state index contributed by atoms with van der Waals surface area (Å²) < 4.78 is 0. The molecule has 4 nitrogen and oxygen atoms in total. The van der Waals surface area contributed by atoms with E-state index >= 15 is 0 Å². The summed E-state index contributed by atoms with van der Waals surface area (Å²) in [5.41, 5.74) is 3.84. The fourth-order valence-electron chi connectivity index (χ4n) is 3.70. The first-order valence-electron chi connectivity index (χ1n) is 7.27. The lowest BCUT2D eigenvalue weighted by atomic mass is 9.86. The van der Waals surface area contributed by atoms with Crippen LogP contribution in [0.15, 0.2) is 29.4 Å². The number of phenols is 1. The highest BCUT2D eigenvalue weighted by Crippen LogP contribution is 2.48. The number of para-hydroxylation sites is 1. The molecule has 1 aromatic rings. The monoisotopic (exact) mass is 272 g/mol. The Morgan fingerprint density at radius 1 is 1.30 bits per heavy atom. The predicted octanol–water partition coefficient (Wildman–Crippen LogP) is 2.93. The van der Waals surface area contributed by atoms with E-state index in [2.05, 4.69) is 10.5 Å². The maximum Gasteiger partial charge on any atom is 0.275 e. The SMILES string of the molecule is C/C(=N\NC(=O)c1ccccc1O)[C@@H]1C[C@H]2CC[C@H]1C2. The summed E-state index contributed by atoms with van der Waals surface area (Å²) >= 11 is 0. The third-order valence-corrected chi connectivity index (χ3v) is 4.76. The number of amides is 1. The lowest BCUT2D eigenvalue weighted by molar-refractivity contribution is 0.0952. The smallest absolute Gasteiger partial charge is 0.275 e. The van der Waals surface area contributed by atoms with Crippen molar-refractivity contribution in [1.82, 2.24) is 5.43 Å². The number of fused-ring (bicyclic) bond motifs is 2. The molecule has 2 aliphatic carbocycles. The van der Waals surface area contributed by atoms with Crippen molar-refractivity contribution in [2.24, 2.45) is 22.9 Å². The molecule has 2 N–H and O–H groups in total. The zero-order valence-corrected chi connectivity index (χ0v) is 11.7. The van der Waals surface area contributed by atoms with E-state index in [1.165, 1.54) is 31.7 Å². The average Bonchev–Trinajstić information content (AvgIpc) is 3.07. The summed E-state index contributed by atoms with van der Waals surface area (Å²) in [7, 11) is 0. The van der Waals surface area contributed by atoms with Gasteiger partial charge in [-0.05, 0) is 50.2 Å². The molecule has 3 atom stereocenters. The minimum Gasteiger partial charge on any atom is -0.507 e. The Hall–Kier alpha value is -1.84. The number of rotatable bonds is 3. The Morgan fingerprint density at radius 3 is 2.75 bits per heavy atom. The van der Waals surface area contributed by atoms with Crippen molar-refractivity contribution in [3.63, 3.8) is 0 Å². The second kappa shape index (κ2) is 5.27. The molecule has 0 aromatic heterocycles. The van der Waals surface area contributed by atoms with Crippen LogP contribution in [0, 0.1) is 17.8 Å². The molecule has 0 unspecified atom stereocenters. The Balaban J connectivity index is 1.65. The summed E-state index contributed by atoms with van der Waals surface area (Å²) in [5.74, 6) is 1.77. The van der Waals surface area contributed by atoms with E-state index in [0.29, 0.717) is 5.92 Å². The molecule has 0 spiro atoms. The number of phenolic OH excluding ortho intramolecular Hbond substituents is 1. The van der Waals surface area contributed by atoms with Crippen molar-refractivity contribution in [1.29, 1.82) is 0 Å². The molecule has 2 aliphatic rings. The van der Waals surface area contributed by atoms with Gasteiger partial charge in [0.05, 0.1) is 5.56 Å². The van der Waals surface area contributed by atoms with Crippen molar-refractivity contribution in [2.45, 2.75) is 32.6 Å². The van der Waals surface area contributed by atoms with Gasteiger partial charge in [-0.2, -0.15) is 5.10 Å². The van der Waals surface area contributed by atoms with Crippen LogP contribution in [0.3, 0.4) is 0 Å². The highest BCUT2D eigenvalue weighted by Gasteiger charge is 2.40. The van der Waals surface area contributed by atoms with Crippen LogP contribution in [0.2, 0.25) is 0 Å². The van der Waals surface area contributed by atoms with E-state index in [0.717, 1.165) is 17.5 Å². The first-order chi connectivity index (χ1) is 9.65. The van der Waals surface area contributed by atoms with Crippen molar-refractivity contribution >= 4 is 11.6 Å². The summed E-state index contributed by atoms with van der Waals surface area (Å²) in [6, 6.07) is 6.51. The van der Waals surface area contributed by atoms with Gasteiger partial charge in [-0.1, -0.05) is 18.6 Å². The van der Waals surface area contributed by atoms with Gasteiger partial charge >= 0.3 is 0 Å². The summed E-state index contributed by atoms with van der Waals surface area (Å²) in [6.45, 7) is 2.00. The normalized spacial score (nSPS) is 28.6. The van der Waals surface area contributed by atoms with Gasteiger partial charge in [-0.25, -0.2) is 5.43 Å². The third kappa shape index (κ3) is 2.42. The van der Waals surface area contributed by atoms with E-state index < -0.39 is 0 Å². The van der Waals surface area contributed by atoms with Gasteiger partial charge < -0.3 is 5.11 Å². The second-order valence-corrected chi connectivity index (χ2v) is 5.99. The van der Waals surface area contributed by atoms with Gasteiger partial charge in [-0.3, -0.25) is 4.79 Å². The summed E-state index contributed by atoms with van der Waals surface area (Å²) in [4.78, 5) is 12.0. The van der Waals surface area contributed by atoms with E-state index in [1.807, 2.05) is 6.92 Å². The summed E-state index contributed by atoms with van der Waals surface area (Å²) in [6.07, 6.45) is 5.20. The van der Waals surface area contributed by atoms with Crippen LogP contribution in [0.1, 0.15) is 43.0 Å². The molecule has 0 heterocycles. The number of carbonyl (C=O) groups is 1. The van der Waals surface area contributed by atoms with Crippen LogP contribution < -0.4 is 5.43 Å². The van der Waals surface area contributed by atoms with E-state index in [4.69, 9.17) is 0 Å². The van der Waals surface area contributed by atoms with Crippen LogP contribution >= 0.6 is 0 Å². The fraction of sp³-hybridized carbons (Fsp3) is 0.500. The van der Waals surface area contributed by atoms with Crippen LogP contribution in [-0.2, 0) is 0 Å². The molecule has 0 radical (unpaired) electrons. The average molecular weight is 272 g/mol. The number of carbonyl (C=O) groups excluding carboxylic acids is 1. The van der Waals surface area contributed by atoms with Gasteiger partial charge in [0, 0.05) is 11.6 Å². The molecule has 0 saturated heterocycles. The number of hydrogen-bond donors (Lipinski definition) is 2. The van der Waals surface area contributed by atoms with Crippen LogP contribution in [-0.4, -0.2) is 16.7 Å². The molecule has 4 heteroatoms. The van der Waals surface area contributed by atoms with Gasteiger partial charge in [0.1, 0.15) is 5.75 Å². The van der Waals surface area contributed by atoms with Crippen LogP contribution in [0.4, 0.5) is 0 Å². The highest BCUT2D eigenvalue weighted by atomic mass is 16.3. The molecule has 3 rings (SSSR count). The zero-order valence-electron chi connectivity index (χ0n) is 11.7. The van der Waals surface area contributed by atoms with Crippen molar-refractivity contribution < 1.29 is 9.90 Å². The molecule has 0 aliphatic heterocycles. The minimum atomic E-state index is -0.356. The highest BCUT2D eigenvalue weighted by molar-refractivity contribution is 5.97. The molecule has 2 fully saturated rings. The van der Waals surface area contributed by atoms with Crippen molar-refractivity contribution in [3.8, 4) is 5.75 Å². The standard InChI is InChI=1S/C16H20N2O2/c1-10(14-9-11-6-7-12(14)8-11)17-18-16(20)13-4-2-3-5-15(13)19/h2-5,11-12,14,19H,6-9H2,1H3,(H,18,20)/b17-10+/t11-,12-,14-/m0/s1. The first-order valence-corrected chi connectivity index (χ1v) is 7.27. The number of hydrogen-bond acceptors (Lipinski definition) is 3. The topological polar surface area (TPSA) is 61.7 Å². The van der Waals surface area contributed by atoms with E-state index in [-0.39, 0.29) is 17.2 Å². The van der Waals surface area contributed by atoms with E-state index in [1.54, 1.807) is 18.2 Å². The van der Waals surface area contributed by atoms with Crippen molar-refractivity contribution in [3.05, 3.63) is 29.8 Å². The number of nitrogens with one attached hydrogen (secondary N) is 1. The lowest BCUT2D eigenvalue weighted by Crippen LogP contribution is -2.24. The number of benzene rings is 1. The quantitative estimate of drug-likeness (QED) is 0.656. The Kier molecular flexibility index (Phi) is 3.47. The minimum absolute atomic E-state index is 0.0159. The van der Waals surface area contributed by atoms with Crippen LogP contribution in [0.5, 0.6) is 5.75 Å². The van der Waals surface area contributed by atoms with Gasteiger partial charge in [0.2, 0.25) is 0 Å². The maximum atomic E-state index is 12.0. The molecule has 1 aromatic carbocycles. The number of nitrogens with zero attached hydrogens (tertiary/aromatic N) is 1. The Morgan fingerprint density at radius 2 is 2.10 bits per heavy atom. The third-order valence-electron chi connectivity index (χ3n) is 4.76. The van der Waals surface area contributed by atoms with Gasteiger partial charge in [0.15, 0.2) is 0 Å². The number of aromatic hydroxyl groups is 1. The number of hydrazone groups is 1. The van der Waals surface area contributed by atoms with Crippen molar-refractivity contribution in [2.75, 3.05) is 0 Å².